The zero-order chi connectivity index (χ0) is 15.8. The maximum absolute atomic E-state index is 11.9. The predicted octanol–water partition coefficient (Wildman–Crippen LogP) is 3.65. The first-order valence-corrected chi connectivity index (χ1v) is 7.19. The highest BCUT2D eigenvalue weighted by Crippen LogP contribution is 2.69. The van der Waals surface area contributed by atoms with E-state index in [1.54, 1.807) is 0 Å². The van der Waals surface area contributed by atoms with E-state index < -0.39 is 23.2 Å². The lowest BCUT2D eigenvalue weighted by Crippen LogP contribution is -2.26. The van der Waals surface area contributed by atoms with Crippen molar-refractivity contribution in [3.05, 3.63) is 42.0 Å². The van der Waals surface area contributed by atoms with Gasteiger partial charge in [-0.25, -0.2) is 0 Å². The molecule has 1 aliphatic rings. The minimum Gasteiger partial charge on any atom is -0.481 e. The van der Waals surface area contributed by atoms with Crippen molar-refractivity contribution in [2.24, 2.45) is 22.7 Å². The molecule has 0 saturated heterocycles. The minimum absolute atomic E-state index is 0.0463. The van der Waals surface area contributed by atoms with Gasteiger partial charge >= 0.3 is 5.97 Å². The van der Waals surface area contributed by atoms with Crippen LogP contribution in [0.25, 0.3) is 6.08 Å². The standard InChI is InChI=1S/C18H22O3/c1-12(19)14-15(16(20)21)18(14,17(2,3)4)11-10-13-8-6-5-7-9-13/h5-11,14-15H,1-4H3,(H,20,21)/b11-10+/t14-,15+,18?/m0/s1. The molecule has 1 aromatic carbocycles. The molecule has 0 amide bonds. The van der Waals surface area contributed by atoms with Crippen LogP contribution in [0.5, 0.6) is 0 Å². The van der Waals surface area contributed by atoms with Crippen molar-refractivity contribution >= 4 is 17.8 Å². The Morgan fingerprint density at radius 2 is 1.71 bits per heavy atom. The van der Waals surface area contributed by atoms with Crippen LogP contribution < -0.4 is 0 Å². The second kappa shape index (κ2) is 5.14. The van der Waals surface area contributed by atoms with Gasteiger partial charge in [0.1, 0.15) is 5.78 Å². The summed E-state index contributed by atoms with van der Waals surface area (Å²) in [4.78, 5) is 23.5. The van der Waals surface area contributed by atoms with Crippen molar-refractivity contribution in [3.63, 3.8) is 0 Å². The van der Waals surface area contributed by atoms with E-state index in [2.05, 4.69) is 0 Å². The van der Waals surface area contributed by atoms with Gasteiger partial charge < -0.3 is 5.11 Å². The SMILES string of the molecule is CC(=O)[C@H]1[C@H](C(=O)O)C1(/C=C/c1ccccc1)C(C)(C)C. The molecule has 3 atom stereocenters. The van der Waals surface area contributed by atoms with Crippen LogP contribution in [0.2, 0.25) is 0 Å². The van der Waals surface area contributed by atoms with E-state index in [4.69, 9.17) is 0 Å². The average molecular weight is 286 g/mol. The zero-order valence-corrected chi connectivity index (χ0v) is 13.0. The van der Waals surface area contributed by atoms with Gasteiger partial charge in [0.05, 0.1) is 5.92 Å². The highest BCUT2D eigenvalue weighted by molar-refractivity contribution is 5.93. The van der Waals surface area contributed by atoms with Crippen molar-refractivity contribution in [3.8, 4) is 0 Å². The molecule has 0 bridgehead atoms. The number of carboxylic acids is 1. The Balaban J connectivity index is 2.43. The smallest absolute Gasteiger partial charge is 0.308 e. The van der Waals surface area contributed by atoms with Crippen LogP contribution in [-0.4, -0.2) is 16.9 Å². The fraction of sp³-hybridized carbons (Fsp3) is 0.444. The Labute approximate surface area is 125 Å². The molecule has 2 rings (SSSR count). The predicted molar refractivity (Wildman–Crippen MR) is 82.7 cm³/mol. The molecule has 1 aliphatic carbocycles. The van der Waals surface area contributed by atoms with Crippen LogP contribution >= 0.6 is 0 Å². The molecule has 0 aliphatic heterocycles. The molecular weight excluding hydrogens is 264 g/mol. The molecule has 112 valence electrons. The Morgan fingerprint density at radius 3 is 2.10 bits per heavy atom. The van der Waals surface area contributed by atoms with Crippen molar-refractivity contribution in [2.45, 2.75) is 27.7 Å². The van der Waals surface area contributed by atoms with Gasteiger partial charge in [-0.3, -0.25) is 9.59 Å². The summed E-state index contributed by atoms with van der Waals surface area (Å²) in [5.41, 5.74) is 0.109. The van der Waals surface area contributed by atoms with Crippen LogP contribution in [0.1, 0.15) is 33.3 Å². The highest BCUT2D eigenvalue weighted by Gasteiger charge is 2.73. The van der Waals surface area contributed by atoms with E-state index >= 15 is 0 Å². The summed E-state index contributed by atoms with van der Waals surface area (Å²) in [7, 11) is 0. The molecule has 0 spiro atoms. The van der Waals surface area contributed by atoms with E-state index in [0.29, 0.717) is 0 Å². The number of Topliss-reactive ketones (excluding diaryl/α,β-unsaturated/α-hetero) is 1. The number of aliphatic carboxylic acids is 1. The fourth-order valence-corrected chi connectivity index (χ4v) is 3.51. The van der Waals surface area contributed by atoms with E-state index in [1.165, 1.54) is 6.92 Å². The molecule has 1 N–H and O–H groups in total. The van der Waals surface area contributed by atoms with Gasteiger partial charge in [-0.05, 0) is 17.9 Å². The third-order valence-corrected chi connectivity index (χ3v) is 4.61. The van der Waals surface area contributed by atoms with Crippen molar-refractivity contribution < 1.29 is 14.7 Å². The number of carbonyl (C=O) groups excluding carboxylic acids is 1. The fourth-order valence-electron chi connectivity index (χ4n) is 3.51. The zero-order valence-electron chi connectivity index (χ0n) is 13.0. The summed E-state index contributed by atoms with van der Waals surface area (Å²) in [6.45, 7) is 7.49. The normalized spacial score (nSPS) is 28.6. The third-order valence-electron chi connectivity index (χ3n) is 4.61. The van der Waals surface area contributed by atoms with E-state index in [9.17, 15) is 14.7 Å². The number of allylic oxidation sites excluding steroid dienone is 1. The maximum atomic E-state index is 11.9. The van der Waals surface area contributed by atoms with Crippen molar-refractivity contribution in [1.29, 1.82) is 0 Å². The summed E-state index contributed by atoms with van der Waals surface area (Å²) < 4.78 is 0. The number of benzene rings is 1. The third kappa shape index (κ3) is 2.53. The first-order valence-electron chi connectivity index (χ1n) is 7.19. The molecule has 1 unspecified atom stereocenters. The molecule has 0 aromatic heterocycles. The molecule has 0 radical (unpaired) electrons. The molecule has 0 heterocycles. The molecule has 1 fully saturated rings. The average Bonchev–Trinajstić information content (AvgIpc) is 3.08. The lowest BCUT2D eigenvalue weighted by molar-refractivity contribution is -0.140. The van der Waals surface area contributed by atoms with Crippen LogP contribution in [0.15, 0.2) is 36.4 Å². The second-order valence-electron chi connectivity index (χ2n) is 6.83. The second-order valence-corrected chi connectivity index (χ2v) is 6.83. The van der Waals surface area contributed by atoms with Gasteiger partial charge in [-0.1, -0.05) is 63.3 Å². The summed E-state index contributed by atoms with van der Waals surface area (Å²) in [5, 5.41) is 9.48. The molecule has 3 heteroatoms. The van der Waals surface area contributed by atoms with Gasteiger partial charge in [0.25, 0.3) is 0 Å². The minimum atomic E-state index is -0.886. The summed E-state index contributed by atoms with van der Waals surface area (Å²) >= 11 is 0. The van der Waals surface area contributed by atoms with Crippen LogP contribution in [0.4, 0.5) is 0 Å². The summed E-state index contributed by atoms with van der Waals surface area (Å²) in [6, 6.07) is 9.74. The largest absolute Gasteiger partial charge is 0.481 e. The van der Waals surface area contributed by atoms with Crippen LogP contribution in [0, 0.1) is 22.7 Å². The quantitative estimate of drug-likeness (QED) is 0.919. The lowest BCUT2D eigenvalue weighted by atomic mass is 9.74. The first kappa shape index (κ1) is 15.5. The van der Waals surface area contributed by atoms with Gasteiger partial charge in [0, 0.05) is 11.3 Å². The monoisotopic (exact) mass is 286 g/mol. The van der Waals surface area contributed by atoms with Crippen LogP contribution in [0.3, 0.4) is 0 Å². The molecule has 1 aromatic rings. The van der Waals surface area contributed by atoms with Gasteiger partial charge in [-0.15, -0.1) is 0 Å². The van der Waals surface area contributed by atoms with E-state index in [0.717, 1.165) is 5.56 Å². The maximum Gasteiger partial charge on any atom is 0.308 e. The summed E-state index contributed by atoms with van der Waals surface area (Å²) in [6.07, 6.45) is 3.87. The molecule has 1 saturated carbocycles. The Kier molecular flexibility index (Phi) is 3.79. The number of carboxylic acid groups (broad SMARTS) is 1. The molecular formula is C18H22O3. The topological polar surface area (TPSA) is 54.4 Å². The van der Waals surface area contributed by atoms with Crippen LogP contribution in [-0.2, 0) is 9.59 Å². The number of ketones is 1. The van der Waals surface area contributed by atoms with E-state index in [-0.39, 0.29) is 11.2 Å². The summed E-state index contributed by atoms with van der Waals surface area (Å²) in [5.74, 6) is -2.00. The Hall–Kier alpha value is -1.90. The van der Waals surface area contributed by atoms with E-state index in [1.807, 2.05) is 63.3 Å². The van der Waals surface area contributed by atoms with Gasteiger partial charge in [0.2, 0.25) is 0 Å². The number of hydrogen-bond acceptors (Lipinski definition) is 2. The number of rotatable bonds is 4. The number of carbonyl (C=O) groups is 2. The Morgan fingerprint density at radius 1 is 1.14 bits per heavy atom. The molecule has 21 heavy (non-hydrogen) atoms. The van der Waals surface area contributed by atoms with Crippen molar-refractivity contribution in [1.82, 2.24) is 0 Å². The number of hydrogen-bond donors (Lipinski definition) is 1. The lowest BCUT2D eigenvalue weighted by Gasteiger charge is -2.30. The first-order chi connectivity index (χ1) is 9.72. The highest BCUT2D eigenvalue weighted by atomic mass is 16.4. The Bertz CT molecular complexity index is 558. The van der Waals surface area contributed by atoms with Gasteiger partial charge in [-0.2, -0.15) is 0 Å². The van der Waals surface area contributed by atoms with Crippen molar-refractivity contribution in [2.75, 3.05) is 0 Å². The molecule has 3 nitrogen and oxygen atoms in total. The van der Waals surface area contributed by atoms with Gasteiger partial charge in [0.15, 0.2) is 0 Å².